The Balaban J connectivity index is 1.86. The molecule has 3 saturated carbocycles. The van der Waals surface area contributed by atoms with Crippen LogP contribution in [0.1, 0.15) is 133 Å². The van der Waals surface area contributed by atoms with Crippen LogP contribution < -0.4 is 0 Å². The van der Waals surface area contributed by atoms with E-state index in [-0.39, 0.29) is 28.4 Å². The highest BCUT2D eigenvalue weighted by Crippen LogP contribution is 2.59. The van der Waals surface area contributed by atoms with Crippen molar-refractivity contribution >= 4 is 16.6 Å². The van der Waals surface area contributed by atoms with Crippen molar-refractivity contribution in [2.45, 2.75) is 188 Å². The van der Waals surface area contributed by atoms with Crippen molar-refractivity contribution in [3.05, 3.63) is 47.6 Å². The number of hydrogen-bond donors (Lipinski definition) is 1. The van der Waals surface area contributed by atoms with Crippen LogP contribution in [0.25, 0.3) is 0 Å². The van der Waals surface area contributed by atoms with Gasteiger partial charge in [-0.2, -0.15) is 0 Å². The minimum atomic E-state index is -1.99. The third kappa shape index (κ3) is 9.74. The lowest BCUT2D eigenvalue weighted by molar-refractivity contribution is 0.0969. The lowest BCUT2D eigenvalue weighted by Crippen LogP contribution is -2.49. The van der Waals surface area contributed by atoms with Gasteiger partial charge >= 0.3 is 0 Å². The standard InChI is InChI=1S/C42H76O3Si2/c1-16-32(17-2)27-35(43)23-20-30(3)37-24-25-38-33(19-18-26-42(37,38)11)21-22-34-28-36(44-46(12,13)40(5,6)7)29-39(31(34)4)45-47(14,15)41(8,9)10/h20-23,30,32,35-39,43H,4,16-19,24-29H2,1-3,5-15H3/t30-,35+,36-,37-,38+,39+,42-/m1/s1. The largest absolute Gasteiger partial charge is 0.413 e. The van der Waals surface area contributed by atoms with Gasteiger partial charge < -0.3 is 14.0 Å². The van der Waals surface area contributed by atoms with E-state index in [4.69, 9.17) is 15.4 Å². The zero-order chi connectivity index (χ0) is 35.6. The predicted octanol–water partition coefficient (Wildman–Crippen LogP) is 12.6. The van der Waals surface area contributed by atoms with E-state index in [0.29, 0.717) is 29.1 Å². The summed E-state index contributed by atoms with van der Waals surface area (Å²) in [7, 11) is -3.92. The zero-order valence-corrected chi connectivity index (χ0v) is 35.4. The zero-order valence-electron chi connectivity index (χ0n) is 33.4. The van der Waals surface area contributed by atoms with Gasteiger partial charge in [-0.05, 0) is 121 Å². The highest BCUT2D eigenvalue weighted by atomic mass is 28.4. The van der Waals surface area contributed by atoms with Gasteiger partial charge in [0.15, 0.2) is 16.6 Å². The smallest absolute Gasteiger partial charge is 0.192 e. The van der Waals surface area contributed by atoms with Gasteiger partial charge in [-0.3, -0.25) is 0 Å². The molecule has 0 aromatic carbocycles. The van der Waals surface area contributed by atoms with Gasteiger partial charge in [-0.15, -0.1) is 0 Å². The van der Waals surface area contributed by atoms with Crippen LogP contribution in [-0.2, 0) is 8.85 Å². The molecule has 0 unspecified atom stereocenters. The fraction of sp³-hybridized carbons (Fsp3) is 0.810. The first-order valence-electron chi connectivity index (χ1n) is 19.4. The molecule has 3 aliphatic rings. The van der Waals surface area contributed by atoms with Gasteiger partial charge in [0, 0.05) is 6.42 Å². The minimum Gasteiger partial charge on any atom is -0.413 e. The number of fused-ring (bicyclic) bond motifs is 1. The van der Waals surface area contributed by atoms with Gasteiger partial charge in [0.05, 0.1) is 18.3 Å². The molecule has 1 N–H and O–H groups in total. The normalized spacial score (nSPS) is 31.3. The summed E-state index contributed by atoms with van der Waals surface area (Å²) in [5, 5.41) is 11.1. The Kier molecular flexibility index (Phi) is 13.6. The van der Waals surface area contributed by atoms with Crippen molar-refractivity contribution in [1.82, 2.24) is 0 Å². The number of aliphatic hydroxyl groups is 1. The summed E-state index contributed by atoms with van der Waals surface area (Å²) in [6, 6.07) is 0. The van der Waals surface area contributed by atoms with Crippen LogP contribution in [0.4, 0.5) is 0 Å². The third-order valence-corrected chi connectivity index (χ3v) is 22.8. The number of rotatable bonds is 12. The van der Waals surface area contributed by atoms with Gasteiger partial charge in [0.1, 0.15) is 0 Å². The highest BCUT2D eigenvalue weighted by Gasteiger charge is 2.50. The summed E-state index contributed by atoms with van der Waals surface area (Å²) >= 11 is 0. The van der Waals surface area contributed by atoms with Crippen molar-refractivity contribution in [3.8, 4) is 0 Å². The van der Waals surface area contributed by atoms with Gasteiger partial charge in [-0.1, -0.05) is 119 Å². The van der Waals surface area contributed by atoms with E-state index in [1.807, 2.05) is 0 Å². The van der Waals surface area contributed by atoms with Crippen LogP contribution in [0.5, 0.6) is 0 Å². The summed E-state index contributed by atoms with van der Waals surface area (Å²) in [4.78, 5) is 0. The first-order chi connectivity index (χ1) is 21.6. The van der Waals surface area contributed by atoms with E-state index in [2.05, 4.69) is 120 Å². The lowest BCUT2D eigenvalue weighted by Gasteiger charge is -2.45. The molecule has 0 radical (unpaired) electrons. The number of allylic oxidation sites excluding steroid dienone is 4. The second-order valence-corrected chi connectivity index (χ2v) is 28.6. The van der Waals surface area contributed by atoms with Crippen LogP contribution in [-0.4, -0.2) is 40.1 Å². The van der Waals surface area contributed by atoms with E-state index < -0.39 is 16.6 Å². The van der Waals surface area contributed by atoms with Crippen LogP contribution in [0, 0.1) is 29.1 Å². The van der Waals surface area contributed by atoms with E-state index in [9.17, 15) is 5.11 Å². The number of hydrogen-bond acceptors (Lipinski definition) is 3. The molecule has 0 spiro atoms. The fourth-order valence-electron chi connectivity index (χ4n) is 8.39. The molecule has 0 aliphatic heterocycles. The Bertz CT molecular complexity index is 1150. The molecule has 5 heteroatoms. The predicted molar refractivity (Wildman–Crippen MR) is 210 cm³/mol. The quantitative estimate of drug-likeness (QED) is 0.164. The average Bonchev–Trinajstić information content (AvgIpc) is 3.31. The maximum absolute atomic E-state index is 10.7. The Morgan fingerprint density at radius 3 is 2.11 bits per heavy atom. The second-order valence-electron chi connectivity index (χ2n) is 19.1. The average molecular weight is 685 g/mol. The summed E-state index contributed by atoms with van der Waals surface area (Å²) in [6.45, 7) is 37.7. The topological polar surface area (TPSA) is 38.7 Å². The van der Waals surface area contributed by atoms with Crippen molar-refractivity contribution in [2.24, 2.45) is 29.1 Å². The lowest BCUT2D eigenvalue weighted by atomic mass is 9.61. The van der Waals surface area contributed by atoms with Crippen molar-refractivity contribution < 1.29 is 14.0 Å². The summed E-state index contributed by atoms with van der Waals surface area (Å²) in [6.07, 6.45) is 20.6. The number of aliphatic hydroxyl groups excluding tert-OH is 1. The van der Waals surface area contributed by atoms with Gasteiger partial charge in [0.25, 0.3) is 0 Å². The molecule has 3 nitrogen and oxygen atoms in total. The maximum atomic E-state index is 10.7. The fourth-order valence-corrected chi connectivity index (χ4v) is 11.1. The van der Waals surface area contributed by atoms with Crippen molar-refractivity contribution in [1.29, 1.82) is 0 Å². The molecule has 47 heavy (non-hydrogen) atoms. The van der Waals surface area contributed by atoms with Gasteiger partial charge in [-0.25, -0.2) is 0 Å². The Morgan fingerprint density at radius 1 is 0.936 bits per heavy atom. The Hall–Kier alpha value is -0.726. The van der Waals surface area contributed by atoms with Crippen LogP contribution >= 0.6 is 0 Å². The minimum absolute atomic E-state index is 0.0180. The molecule has 0 aromatic heterocycles. The molecule has 3 fully saturated rings. The molecule has 0 aromatic rings. The SMILES string of the molecule is C=C1C(=CC=C2CCC[C@]3(C)[C@@H]([C@H](C)C=C[C@H](O)CC(CC)CC)CC[C@@H]23)C[C@@H](O[Si](C)(C)C(C)(C)C)C[C@@H]1O[Si](C)(C)C(C)(C)C. The first-order valence-corrected chi connectivity index (χ1v) is 25.2. The summed E-state index contributed by atoms with van der Waals surface area (Å²) in [5.74, 6) is 2.40. The molecule has 3 rings (SSSR count). The third-order valence-electron chi connectivity index (χ3n) is 13.8. The summed E-state index contributed by atoms with van der Waals surface area (Å²) in [5.41, 5.74) is 4.47. The molecule has 7 atom stereocenters. The monoisotopic (exact) mass is 685 g/mol. The Labute approximate surface area is 294 Å². The summed E-state index contributed by atoms with van der Waals surface area (Å²) < 4.78 is 14.2. The van der Waals surface area contributed by atoms with E-state index in [1.165, 1.54) is 43.3 Å². The Morgan fingerprint density at radius 2 is 1.53 bits per heavy atom. The molecule has 0 bridgehead atoms. The molecular formula is C42H76O3Si2. The highest BCUT2D eigenvalue weighted by molar-refractivity contribution is 6.74. The van der Waals surface area contributed by atoms with Crippen LogP contribution in [0.3, 0.4) is 0 Å². The van der Waals surface area contributed by atoms with E-state index in [1.54, 1.807) is 5.57 Å². The molecule has 0 heterocycles. The van der Waals surface area contributed by atoms with Crippen molar-refractivity contribution in [3.63, 3.8) is 0 Å². The molecular weight excluding hydrogens is 609 g/mol. The maximum Gasteiger partial charge on any atom is 0.192 e. The first kappa shape index (κ1) is 40.7. The van der Waals surface area contributed by atoms with Crippen molar-refractivity contribution in [2.75, 3.05) is 0 Å². The molecule has 3 aliphatic carbocycles. The molecule has 0 saturated heterocycles. The molecule has 0 amide bonds. The van der Waals surface area contributed by atoms with E-state index in [0.717, 1.165) is 32.1 Å². The van der Waals surface area contributed by atoms with Crippen LogP contribution in [0.2, 0.25) is 36.3 Å². The van der Waals surface area contributed by atoms with Crippen LogP contribution in [0.15, 0.2) is 47.6 Å². The second kappa shape index (κ2) is 15.7. The molecule has 270 valence electrons. The van der Waals surface area contributed by atoms with E-state index >= 15 is 0 Å². The van der Waals surface area contributed by atoms with Gasteiger partial charge in [0.2, 0.25) is 0 Å².